The predicted molar refractivity (Wildman–Crippen MR) is 236 cm³/mol. The quantitative estimate of drug-likeness (QED) is 0.175. The lowest BCUT2D eigenvalue weighted by Gasteiger charge is -2.35. The fraction of sp³-hybridized carbons (Fsp3) is 0.0189. The Morgan fingerprint density at radius 1 is 0.429 bits per heavy atom. The van der Waals surface area contributed by atoms with E-state index in [2.05, 4.69) is 205 Å². The van der Waals surface area contributed by atoms with Crippen LogP contribution in [0.25, 0.3) is 64.0 Å². The maximum absolute atomic E-state index is 6.98. The van der Waals surface area contributed by atoms with Crippen molar-refractivity contribution in [2.75, 3.05) is 4.90 Å². The summed E-state index contributed by atoms with van der Waals surface area (Å²) in [5, 5.41) is 7.19. The molecule has 0 aliphatic heterocycles. The van der Waals surface area contributed by atoms with Gasteiger partial charge in [-0.3, -0.25) is 0 Å². The summed E-state index contributed by atoms with van der Waals surface area (Å²) in [5.41, 5.74) is 12.2. The number of para-hydroxylation sites is 2. The molecule has 2 heterocycles. The van der Waals surface area contributed by atoms with Crippen LogP contribution in [0.2, 0.25) is 0 Å². The van der Waals surface area contributed by atoms with Crippen LogP contribution in [-0.2, 0) is 5.41 Å². The van der Waals surface area contributed by atoms with Crippen LogP contribution >= 0.6 is 11.3 Å². The van der Waals surface area contributed by atoms with Crippen LogP contribution in [0.15, 0.2) is 205 Å². The van der Waals surface area contributed by atoms with Crippen molar-refractivity contribution in [2.24, 2.45) is 0 Å². The highest BCUT2D eigenvalue weighted by Crippen LogP contribution is 2.58. The fourth-order valence-corrected chi connectivity index (χ4v) is 11.0. The summed E-state index contributed by atoms with van der Waals surface area (Å²) in [4.78, 5) is 2.44. The first kappa shape index (κ1) is 31.4. The van der Waals surface area contributed by atoms with Crippen LogP contribution < -0.4 is 4.90 Å². The molecule has 0 radical (unpaired) electrons. The third-order valence-electron chi connectivity index (χ3n) is 11.9. The van der Waals surface area contributed by atoms with Gasteiger partial charge in [0.2, 0.25) is 0 Å². The lowest BCUT2D eigenvalue weighted by atomic mass is 9.67. The van der Waals surface area contributed by atoms with E-state index in [1.165, 1.54) is 64.3 Å². The van der Waals surface area contributed by atoms with Gasteiger partial charge in [-0.25, -0.2) is 0 Å². The molecule has 1 aliphatic carbocycles. The van der Waals surface area contributed by atoms with Crippen molar-refractivity contribution >= 4 is 81.3 Å². The first-order valence-electron chi connectivity index (χ1n) is 19.2. The molecule has 11 aromatic rings. The minimum Gasteiger partial charge on any atom is -0.455 e. The fourth-order valence-electron chi connectivity index (χ4n) is 9.69. The Labute approximate surface area is 328 Å². The molecule has 0 bridgehead atoms. The molecule has 0 saturated carbocycles. The molecule has 9 aromatic carbocycles. The summed E-state index contributed by atoms with van der Waals surface area (Å²) in [6.45, 7) is 0. The van der Waals surface area contributed by atoms with Gasteiger partial charge in [-0.15, -0.1) is 11.3 Å². The van der Waals surface area contributed by atoms with Crippen molar-refractivity contribution in [3.05, 3.63) is 222 Å². The largest absolute Gasteiger partial charge is 0.455 e. The maximum Gasteiger partial charge on any atom is 0.146 e. The van der Waals surface area contributed by atoms with Crippen molar-refractivity contribution in [2.45, 2.75) is 5.41 Å². The number of fused-ring (bicyclic) bond motifs is 13. The number of rotatable bonds is 5. The first-order valence-corrected chi connectivity index (χ1v) is 20.0. The lowest BCUT2D eigenvalue weighted by molar-refractivity contribution is 0.673. The van der Waals surface area contributed by atoms with Gasteiger partial charge < -0.3 is 9.32 Å². The second-order valence-electron chi connectivity index (χ2n) is 14.7. The van der Waals surface area contributed by atoms with Crippen LogP contribution in [0.4, 0.5) is 17.1 Å². The molecule has 3 heteroatoms. The van der Waals surface area contributed by atoms with Gasteiger partial charge in [0.05, 0.1) is 11.1 Å². The summed E-state index contributed by atoms with van der Waals surface area (Å²) in [6, 6.07) is 73.0. The molecule has 0 spiro atoms. The van der Waals surface area contributed by atoms with Crippen molar-refractivity contribution in [1.29, 1.82) is 0 Å². The van der Waals surface area contributed by atoms with E-state index in [9.17, 15) is 0 Å². The molecular weight excluding hydrogens is 699 g/mol. The zero-order valence-electron chi connectivity index (χ0n) is 30.3. The SMILES string of the molecule is c1ccc(N(c2ccc3c(c2)C(c2ccccc2)(c2ccccc2)c2ccccc2-3)c2cccc3c2c2oc4ccccc4c2c2sc4ccccc4c32)cc1. The third-order valence-corrected chi connectivity index (χ3v) is 13.1. The summed E-state index contributed by atoms with van der Waals surface area (Å²) >= 11 is 1.86. The third kappa shape index (κ3) is 4.26. The Morgan fingerprint density at radius 2 is 1.05 bits per heavy atom. The highest BCUT2D eigenvalue weighted by molar-refractivity contribution is 7.27. The normalized spacial score (nSPS) is 13.1. The summed E-state index contributed by atoms with van der Waals surface area (Å²) in [6.07, 6.45) is 0. The standard InChI is InChI=1S/C53H33NOS/c1-4-17-34(18-5-1)53(35-19-6-2-7-20-35)43-27-13-10-23-38(43)39-32-31-37(33-44(39)53)54(36-21-8-3-9-22-36)45-28-16-26-42-48-41-25-12-15-30-47(41)56-52(48)50-40-24-11-14-29-46(40)55-51(50)49(42)45/h1-33H. The van der Waals surface area contributed by atoms with E-state index >= 15 is 0 Å². The topological polar surface area (TPSA) is 16.4 Å². The lowest BCUT2D eigenvalue weighted by Crippen LogP contribution is -2.28. The van der Waals surface area contributed by atoms with Gasteiger partial charge in [0.15, 0.2) is 0 Å². The van der Waals surface area contributed by atoms with Crippen molar-refractivity contribution in [3.8, 4) is 11.1 Å². The zero-order valence-corrected chi connectivity index (χ0v) is 31.1. The van der Waals surface area contributed by atoms with E-state index in [-0.39, 0.29) is 0 Å². The molecule has 56 heavy (non-hydrogen) atoms. The van der Waals surface area contributed by atoms with Gasteiger partial charge in [-0.1, -0.05) is 158 Å². The summed E-state index contributed by atoms with van der Waals surface area (Å²) in [5.74, 6) is 0. The van der Waals surface area contributed by atoms with E-state index in [0.29, 0.717) is 0 Å². The molecule has 2 nitrogen and oxygen atoms in total. The van der Waals surface area contributed by atoms with E-state index in [1.54, 1.807) is 0 Å². The Balaban J connectivity index is 1.21. The number of benzene rings is 9. The average Bonchev–Trinajstić information content (AvgIpc) is 3.94. The Morgan fingerprint density at radius 3 is 1.84 bits per heavy atom. The van der Waals surface area contributed by atoms with E-state index < -0.39 is 5.41 Å². The number of nitrogens with zero attached hydrogens (tertiary/aromatic N) is 1. The van der Waals surface area contributed by atoms with Crippen LogP contribution in [0.1, 0.15) is 22.3 Å². The van der Waals surface area contributed by atoms with Crippen molar-refractivity contribution in [1.82, 2.24) is 0 Å². The van der Waals surface area contributed by atoms with Crippen molar-refractivity contribution < 1.29 is 4.42 Å². The zero-order chi connectivity index (χ0) is 36.8. The molecule has 0 amide bonds. The minimum atomic E-state index is -0.515. The molecule has 0 saturated heterocycles. The van der Waals surface area contributed by atoms with Gasteiger partial charge >= 0.3 is 0 Å². The maximum atomic E-state index is 6.98. The number of thiophene rings is 1. The number of furan rings is 1. The molecule has 2 aromatic heterocycles. The number of hydrogen-bond acceptors (Lipinski definition) is 3. The average molecular weight is 732 g/mol. The van der Waals surface area contributed by atoms with Crippen LogP contribution in [0.5, 0.6) is 0 Å². The highest BCUT2D eigenvalue weighted by atomic mass is 32.1. The number of anilines is 3. The van der Waals surface area contributed by atoms with Crippen LogP contribution in [-0.4, -0.2) is 0 Å². The molecule has 0 atom stereocenters. The first-order chi connectivity index (χ1) is 27.8. The Hall–Kier alpha value is -6.94. The summed E-state index contributed by atoms with van der Waals surface area (Å²) < 4.78 is 9.53. The van der Waals surface area contributed by atoms with Crippen molar-refractivity contribution in [3.63, 3.8) is 0 Å². The predicted octanol–water partition coefficient (Wildman–Crippen LogP) is 14.9. The van der Waals surface area contributed by atoms with Gasteiger partial charge in [0, 0.05) is 47.7 Å². The monoisotopic (exact) mass is 731 g/mol. The molecular formula is C53H33NOS. The Bertz CT molecular complexity index is 3270. The second-order valence-corrected chi connectivity index (χ2v) is 15.8. The van der Waals surface area contributed by atoms with E-state index in [1.807, 2.05) is 11.3 Å². The van der Waals surface area contributed by atoms with Crippen LogP contribution in [0.3, 0.4) is 0 Å². The molecule has 0 fully saturated rings. The van der Waals surface area contributed by atoms with E-state index in [4.69, 9.17) is 4.42 Å². The van der Waals surface area contributed by atoms with Gasteiger partial charge in [-0.05, 0) is 81.2 Å². The van der Waals surface area contributed by atoms with Gasteiger partial charge in [0.1, 0.15) is 11.2 Å². The summed E-state index contributed by atoms with van der Waals surface area (Å²) in [7, 11) is 0. The Kier molecular flexibility index (Phi) is 6.75. The minimum absolute atomic E-state index is 0.515. The second kappa shape index (κ2) is 12.0. The highest BCUT2D eigenvalue weighted by Gasteiger charge is 2.46. The smallest absolute Gasteiger partial charge is 0.146 e. The van der Waals surface area contributed by atoms with Gasteiger partial charge in [-0.2, -0.15) is 0 Å². The van der Waals surface area contributed by atoms with Gasteiger partial charge in [0.25, 0.3) is 0 Å². The molecule has 12 rings (SSSR count). The molecule has 0 N–H and O–H groups in total. The molecule has 262 valence electrons. The van der Waals surface area contributed by atoms with Crippen LogP contribution in [0, 0.1) is 0 Å². The number of hydrogen-bond donors (Lipinski definition) is 0. The molecule has 1 aliphatic rings. The van der Waals surface area contributed by atoms with E-state index in [0.717, 1.165) is 39.0 Å². The molecule has 0 unspecified atom stereocenters.